The summed E-state index contributed by atoms with van der Waals surface area (Å²) in [6.07, 6.45) is 0. The highest BCUT2D eigenvalue weighted by Crippen LogP contribution is 2.44. The number of nitrogens with zero attached hydrogens (tertiary/aromatic N) is 1. The molecule has 0 saturated carbocycles. The number of amides is 1. The molecule has 2 rings (SSSR count). The van der Waals surface area contributed by atoms with E-state index in [0.717, 1.165) is 13.1 Å². The van der Waals surface area contributed by atoms with Crippen LogP contribution in [0.1, 0.15) is 31.0 Å². The number of rotatable bonds is 5. The number of carbonyl (C=O) groups excluding carboxylic acids is 1. The lowest BCUT2D eigenvalue weighted by Gasteiger charge is -2.23. The van der Waals surface area contributed by atoms with E-state index < -0.39 is 0 Å². The number of thioether (sulfide) groups is 1. The summed E-state index contributed by atoms with van der Waals surface area (Å²) in [7, 11) is 0. The average Bonchev–Trinajstić information content (AvgIpc) is 2.91. The van der Waals surface area contributed by atoms with Gasteiger partial charge < -0.3 is 10.2 Å². The van der Waals surface area contributed by atoms with E-state index in [9.17, 15) is 4.79 Å². The third kappa shape index (κ3) is 3.08. The van der Waals surface area contributed by atoms with Gasteiger partial charge in [0.25, 0.3) is 0 Å². The molecule has 1 N–H and O–H groups in total. The van der Waals surface area contributed by atoms with Gasteiger partial charge in [-0.05, 0) is 18.4 Å². The summed E-state index contributed by atoms with van der Waals surface area (Å²) in [5, 5.41) is 5.74. The lowest BCUT2D eigenvalue weighted by molar-refractivity contribution is -0.129. The maximum Gasteiger partial charge on any atom is 0.236 e. The second-order valence-corrected chi connectivity index (χ2v) is 7.19. The predicted molar refractivity (Wildman–Crippen MR) is 79.0 cm³/mol. The van der Waals surface area contributed by atoms with Crippen LogP contribution in [0.25, 0.3) is 0 Å². The molecule has 0 radical (unpaired) electrons. The van der Waals surface area contributed by atoms with Crippen molar-refractivity contribution >= 4 is 29.0 Å². The van der Waals surface area contributed by atoms with Crippen LogP contribution in [0.3, 0.4) is 0 Å². The summed E-state index contributed by atoms with van der Waals surface area (Å²) in [6, 6.07) is 4.64. The topological polar surface area (TPSA) is 32.3 Å². The van der Waals surface area contributed by atoms with Crippen molar-refractivity contribution in [3.05, 3.63) is 22.4 Å². The number of nitrogens with one attached hydrogen (secondary N) is 1. The standard InChI is InChI=1S/C13H20N2OS2/c1-9(2)14-6-7-15-12(16)10(3)18-13(15)11-5-4-8-17-11/h4-5,8-10,13-14H,6-7H2,1-3H3. The molecule has 1 saturated heterocycles. The molecule has 2 atom stereocenters. The largest absolute Gasteiger partial charge is 0.323 e. The third-order valence-electron chi connectivity index (χ3n) is 2.94. The minimum Gasteiger partial charge on any atom is -0.323 e. The van der Waals surface area contributed by atoms with E-state index in [4.69, 9.17) is 0 Å². The number of hydrogen-bond acceptors (Lipinski definition) is 4. The SMILES string of the molecule is CC(C)NCCN1C(=O)C(C)SC1c1cccs1. The van der Waals surface area contributed by atoms with Crippen LogP contribution in [0.15, 0.2) is 17.5 Å². The summed E-state index contributed by atoms with van der Waals surface area (Å²) >= 11 is 3.49. The quantitative estimate of drug-likeness (QED) is 0.902. The Morgan fingerprint density at radius 3 is 2.89 bits per heavy atom. The minimum atomic E-state index is 0.0798. The zero-order valence-electron chi connectivity index (χ0n) is 11.1. The van der Waals surface area contributed by atoms with Gasteiger partial charge in [-0.3, -0.25) is 4.79 Å². The van der Waals surface area contributed by atoms with Crippen molar-refractivity contribution in [3.63, 3.8) is 0 Å². The van der Waals surface area contributed by atoms with Gasteiger partial charge in [0.05, 0.1) is 5.25 Å². The average molecular weight is 284 g/mol. The fourth-order valence-corrected chi connectivity index (χ4v) is 4.28. The van der Waals surface area contributed by atoms with Crippen LogP contribution < -0.4 is 5.32 Å². The molecule has 1 aliphatic rings. The highest BCUT2D eigenvalue weighted by Gasteiger charge is 2.38. The van der Waals surface area contributed by atoms with Crippen molar-refractivity contribution in [1.82, 2.24) is 10.2 Å². The summed E-state index contributed by atoms with van der Waals surface area (Å²) in [5.41, 5.74) is 0. The molecule has 1 aromatic heterocycles. The molecule has 100 valence electrons. The van der Waals surface area contributed by atoms with Crippen LogP contribution in [-0.2, 0) is 4.79 Å². The molecule has 1 aromatic rings. The van der Waals surface area contributed by atoms with Gasteiger partial charge in [-0.15, -0.1) is 23.1 Å². The summed E-state index contributed by atoms with van der Waals surface area (Å²) in [4.78, 5) is 15.5. The fraction of sp³-hybridized carbons (Fsp3) is 0.615. The van der Waals surface area contributed by atoms with Crippen LogP contribution in [0.5, 0.6) is 0 Å². The van der Waals surface area contributed by atoms with Crippen LogP contribution >= 0.6 is 23.1 Å². The zero-order chi connectivity index (χ0) is 13.1. The molecular weight excluding hydrogens is 264 g/mol. The van der Waals surface area contributed by atoms with Crippen molar-refractivity contribution in [2.24, 2.45) is 0 Å². The number of hydrogen-bond donors (Lipinski definition) is 1. The Balaban J connectivity index is 2.02. The first kappa shape index (κ1) is 13.9. The molecule has 3 nitrogen and oxygen atoms in total. The van der Waals surface area contributed by atoms with Gasteiger partial charge in [0.2, 0.25) is 5.91 Å². The lowest BCUT2D eigenvalue weighted by Crippen LogP contribution is -2.37. The van der Waals surface area contributed by atoms with Crippen molar-refractivity contribution in [2.45, 2.75) is 37.4 Å². The number of thiophene rings is 1. The van der Waals surface area contributed by atoms with Crippen LogP contribution in [0.2, 0.25) is 0 Å². The molecule has 2 unspecified atom stereocenters. The zero-order valence-corrected chi connectivity index (χ0v) is 12.7. The summed E-state index contributed by atoms with van der Waals surface area (Å²) in [5.74, 6) is 0.268. The first-order valence-electron chi connectivity index (χ1n) is 6.32. The van der Waals surface area contributed by atoms with Gasteiger partial charge >= 0.3 is 0 Å². The molecule has 1 aliphatic heterocycles. The summed E-state index contributed by atoms with van der Waals surface area (Å²) < 4.78 is 0. The fourth-order valence-electron chi connectivity index (χ4n) is 2.03. The second kappa shape index (κ2) is 6.08. The molecule has 0 spiro atoms. The van der Waals surface area contributed by atoms with Crippen LogP contribution in [0.4, 0.5) is 0 Å². The van der Waals surface area contributed by atoms with E-state index in [1.165, 1.54) is 4.88 Å². The van der Waals surface area contributed by atoms with Crippen molar-refractivity contribution < 1.29 is 4.79 Å². The first-order valence-corrected chi connectivity index (χ1v) is 8.14. The predicted octanol–water partition coefficient (Wildman–Crippen LogP) is 2.71. The molecule has 0 bridgehead atoms. The number of carbonyl (C=O) groups is 1. The maximum absolute atomic E-state index is 12.2. The highest BCUT2D eigenvalue weighted by atomic mass is 32.2. The maximum atomic E-state index is 12.2. The van der Waals surface area contributed by atoms with Gasteiger partial charge in [0.15, 0.2) is 0 Å². The second-order valence-electron chi connectivity index (χ2n) is 4.79. The van der Waals surface area contributed by atoms with E-state index in [2.05, 4.69) is 36.7 Å². The van der Waals surface area contributed by atoms with E-state index in [1.54, 1.807) is 23.1 Å². The van der Waals surface area contributed by atoms with Gasteiger partial charge in [-0.25, -0.2) is 0 Å². The molecule has 5 heteroatoms. The molecule has 2 heterocycles. The van der Waals surface area contributed by atoms with Gasteiger partial charge in [0.1, 0.15) is 5.37 Å². The normalized spacial score (nSPS) is 24.2. The Hall–Kier alpha value is -0.520. The monoisotopic (exact) mass is 284 g/mol. The Labute approximate surface area is 117 Å². The van der Waals surface area contributed by atoms with Crippen LogP contribution in [-0.4, -0.2) is 35.2 Å². The van der Waals surface area contributed by atoms with E-state index in [1.807, 2.05) is 11.8 Å². The Bertz CT molecular complexity index is 392. The van der Waals surface area contributed by atoms with Crippen molar-refractivity contribution in [1.29, 1.82) is 0 Å². The Morgan fingerprint density at radius 2 is 2.28 bits per heavy atom. The van der Waals surface area contributed by atoms with Crippen molar-refractivity contribution in [2.75, 3.05) is 13.1 Å². The third-order valence-corrected chi connectivity index (χ3v) is 5.39. The highest BCUT2D eigenvalue weighted by molar-refractivity contribution is 8.01. The molecule has 0 aliphatic carbocycles. The first-order chi connectivity index (χ1) is 8.59. The lowest BCUT2D eigenvalue weighted by atomic mass is 10.3. The Morgan fingerprint density at radius 1 is 1.50 bits per heavy atom. The smallest absolute Gasteiger partial charge is 0.236 e. The molecule has 1 amide bonds. The van der Waals surface area contributed by atoms with Gasteiger partial charge in [-0.2, -0.15) is 0 Å². The molecular formula is C13H20N2OS2. The molecule has 0 aromatic carbocycles. The molecule has 18 heavy (non-hydrogen) atoms. The Kier molecular flexibility index (Phi) is 4.70. The van der Waals surface area contributed by atoms with Crippen LogP contribution in [0, 0.1) is 0 Å². The van der Waals surface area contributed by atoms with Gasteiger partial charge in [-0.1, -0.05) is 19.9 Å². The van der Waals surface area contributed by atoms with E-state index >= 15 is 0 Å². The van der Waals surface area contributed by atoms with Gasteiger partial charge in [0, 0.05) is 24.0 Å². The molecule has 1 fully saturated rings. The van der Waals surface area contributed by atoms with E-state index in [-0.39, 0.29) is 16.5 Å². The van der Waals surface area contributed by atoms with E-state index in [0.29, 0.717) is 6.04 Å². The van der Waals surface area contributed by atoms with Crippen molar-refractivity contribution in [3.8, 4) is 0 Å². The minimum absolute atomic E-state index is 0.0798. The summed E-state index contributed by atoms with van der Waals surface area (Å²) in [6.45, 7) is 7.90.